The van der Waals surface area contributed by atoms with Crippen LogP contribution in [0, 0.1) is 0 Å². The van der Waals surface area contributed by atoms with Crippen LogP contribution in [0.25, 0.3) is 0 Å². The number of hydrogen-bond acceptors (Lipinski definition) is 4. The highest BCUT2D eigenvalue weighted by Gasteiger charge is 2.32. The van der Waals surface area contributed by atoms with Crippen molar-refractivity contribution >= 4 is 40.9 Å². The zero-order valence-corrected chi connectivity index (χ0v) is 18.4. The largest absolute Gasteiger partial charge is 0.326 e. The summed E-state index contributed by atoms with van der Waals surface area (Å²) in [4.78, 5) is 38.0. The molecule has 0 aromatic heterocycles. The van der Waals surface area contributed by atoms with E-state index < -0.39 is 0 Å². The molecule has 6 nitrogen and oxygen atoms in total. The van der Waals surface area contributed by atoms with Crippen molar-refractivity contribution in [3.05, 3.63) is 95.6 Å². The maximum Gasteiger partial charge on any atom is 0.255 e. The van der Waals surface area contributed by atoms with Gasteiger partial charge in [0.15, 0.2) is 0 Å². The Hall–Kier alpha value is -3.58. The van der Waals surface area contributed by atoms with Gasteiger partial charge in [0.25, 0.3) is 5.91 Å². The molecule has 1 heterocycles. The Kier molecular flexibility index (Phi) is 6.56. The summed E-state index contributed by atoms with van der Waals surface area (Å²) >= 11 is 1.60. The highest BCUT2D eigenvalue weighted by Crippen LogP contribution is 2.39. The molecule has 1 aliphatic rings. The van der Waals surface area contributed by atoms with Crippen molar-refractivity contribution in [1.82, 2.24) is 4.90 Å². The molecule has 0 unspecified atom stereocenters. The molecular weight excluding hydrogens is 422 g/mol. The molecule has 32 heavy (non-hydrogen) atoms. The fourth-order valence-electron chi connectivity index (χ4n) is 3.52. The lowest BCUT2D eigenvalue weighted by atomic mass is 10.1. The van der Waals surface area contributed by atoms with Crippen molar-refractivity contribution in [3.63, 3.8) is 0 Å². The van der Waals surface area contributed by atoms with Gasteiger partial charge in [-0.15, -0.1) is 11.8 Å². The lowest BCUT2D eigenvalue weighted by molar-refractivity contribution is -0.128. The van der Waals surface area contributed by atoms with Crippen molar-refractivity contribution in [2.75, 3.05) is 16.4 Å². The topological polar surface area (TPSA) is 78.5 Å². The maximum atomic E-state index is 12.6. The third-order valence-electron chi connectivity index (χ3n) is 5.09. The smallest absolute Gasteiger partial charge is 0.255 e. The average molecular weight is 446 g/mol. The number of carbonyl (C=O) groups excluding carboxylic acids is 3. The van der Waals surface area contributed by atoms with E-state index in [0.29, 0.717) is 29.2 Å². The molecule has 0 spiro atoms. The van der Waals surface area contributed by atoms with Crippen LogP contribution in [0.3, 0.4) is 0 Å². The predicted molar refractivity (Wildman–Crippen MR) is 127 cm³/mol. The normalized spacial score (nSPS) is 15.5. The van der Waals surface area contributed by atoms with E-state index in [1.807, 2.05) is 47.4 Å². The van der Waals surface area contributed by atoms with Crippen LogP contribution in [0.15, 0.2) is 78.9 Å². The summed E-state index contributed by atoms with van der Waals surface area (Å²) in [5.41, 5.74) is 3.92. The first kappa shape index (κ1) is 21.6. The highest BCUT2D eigenvalue weighted by atomic mass is 32.2. The molecule has 2 N–H and O–H groups in total. The van der Waals surface area contributed by atoms with Gasteiger partial charge in [0.05, 0.1) is 5.75 Å². The second kappa shape index (κ2) is 9.70. The Morgan fingerprint density at radius 2 is 1.53 bits per heavy atom. The minimum Gasteiger partial charge on any atom is -0.326 e. The van der Waals surface area contributed by atoms with E-state index in [4.69, 9.17) is 0 Å². The molecule has 7 heteroatoms. The molecule has 1 fully saturated rings. The Labute approximate surface area is 191 Å². The summed E-state index contributed by atoms with van der Waals surface area (Å²) in [6, 6.07) is 24.2. The molecule has 1 saturated heterocycles. The van der Waals surface area contributed by atoms with Crippen LogP contribution in [0.1, 0.15) is 33.8 Å². The number of thioether (sulfide) groups is 1. The van der Waals surface area contributed by atoms with Crippen molar-refractivity contribution in [2.45, 2.75) is 18.8 Å². The lowest BCUT2D eigenvalue weighted by Crippen LogP contribution is -2.27. The van der Waals surface area contributed by atoms with E-state index in [2.05, 4.69) is 10.6 Å². The molecule has 0 bridgehead atoms. The minimum atomic E-state index is -0.222. The first-order valence-corrected chi connectivity index (χ1v) is 11.3. The molecule has 0 saturated carbocycles. The van der Waals surface area contributed by atoms with Crippen LogP contribution in [0.4, 0.5) is 11.4 Å². The summed E-state index contributed by atoms with van der Waals surface area (Å²) in [7, 11) is 0. The van der Waals surface area contributed by atoms with Crippen LogP contribution >= 0.6 is 11.8 Å². The quantitative estimate of drug-likeness (QED) is 0.578. The molecule has 4 rings (SSSR count). The maximum absolute atomic E-state index is 12.6. The number of anilines is 2. The van der Waals surface area contributed by atoms with Gasteiger partial charge in [0.2, 0.25) is 11.8 Å². The van der Waals surface area contributed by atoms with E-state index >= 15 is 0 Å². The van der Waals surface area contributed by atoms with E-state index in [-0.39, 0.29) is 23.1 Å². The second-order valence-electron chi connectivity index (χ2n) is 7.51. The van der Waals surface area contributed by atoms with Crippen molar-refractivity contribution in [3.8, 4) is 0 Å². The summed E-state index contributed by atoms with van der Waals surface area (Å²) in [6.45, 7) is 2.01. The molecule has 1 aliphatic heterocycles. The Morgan fingerprint density at radius 3 is 2.16 bits per heavy atom. The molecular formula is C25H23N3O3S. The zero-order valence-electron chi connectivity index (χ0n) is 17.6. The molecule has 1 atom stereocenters. The Bertz CT molecular complexity index is 1120. The second-order valence-corrected chi connectivity index (χ2v) is 8.57. The van der Waals surface area contributed by atoms with E-state index in [1.54, 1.807) is 48.2 Å². The number of hydrogen-bond donors (Lipinski definition) is 2. The third kappa shape index (κ3) is 5.18. The van der Waals surface area contributed by atoms with Crippen LogP contribution in [0.2, 0.25) is 0 Å². The molecule has 3 aromatic carbocycles. The standard InChI is InChI=1S/C25H23N3O3S/c1-17(29)26-21-11-13-22(14-12-21)27-24(31)19-7-9-20(10-8-19)25-28(23(30)16-32-25)15-18-5-3-2-4-6-18/h2-14,25H,15-16H2,1H3,(H,26,29)(H,27,31)/t25-/m1/s1. The van der Waals surface area contributed by atoms with E-state index in [9.17, 15) is 14.4 Å². The number of rotatable bonds is 6. The SMILES string of the molecule is CC(=O)Nc1ccc(NC(=O)c2ccc([C@H]3SCC(=O)N3Cc3ccccc3)cc2)cc1. The number of nitrogens with one attached hydrogen (secondary N) is 2. The molecule has 162 valence electrons. The molecule has 3 aromatic rings. The van der Waals surface area contributed by atoms with Gasteiger partial charge in [-0.2, -0.15) is 0 Å². The van der Waals surface area contributed by atoms with Gasteiger partial charge in [-0.1, -0.05) is 42.5 Å². The summed E-state index contributed by atoms with van der Waals surface area (Å²) in [5.74, 6) is 0.202. The van der Waals surface area contributed by atoms with Crippen molar-refractivity contribution in [2.24, 2.45) is 0 Å². The molecule has 0 radical (unpaired) electrons. The fourth-order valence-corrected chi connectivity index (χ4v) is 4.71. The number of nitrogens with zero attached hydrogens (tertiary/aromatic N) is 1. The van der Waals surface area contributed by atoms with Gasteiger partial charge < -0.3 is 15.5 Å². The van der Waals surface area contributed by atoms with Crippen LogP contribution in [-0.4, -0.2) is 28.4 Å². The minimum absolute atomic E-state index is 0.0684. The molecule has 3 amide bonds. The van der Waals surface area contributed by atoms with Crippen molar-refractivity contribution < 1.29 is 14.4 Å². The average Bonchev–Trinajstić information content (AvgIpc) is 3.15. The zero-order chi connectivity index (χ0) is 22.5. The van der Waals surface area contributed by atoms with Crippen LogP contribution in [0.5, 0.6) is 0 Å². The van der Waals surface area contributed by atoms with Crippen LogP contribution in [-0.2, 0) is 16.1 Å². The van der Waals surface area contributed by atoms with Gasteiger partial charge in [-0.25, -0.2) is 0 Å². The van der Waals surface area contributed by atoms with Gasteiger partial charge >= 0.3 is 0 Å². The molecule has 0 aliphatic carbocycles. The Morgan fingerprint density at radius 1 is 0.906 bits per heavy atom. The number of benzene rings is 3. The summed E-state index contributed by atoms with van der Waals surface area (Å²) in [6.07, 6.45) is 0. The van der Waals surface area contributed by atoms with Gasteiger partial charge in [-0.3, -0.25) is 14.4 Å². The van der Waals surface area contributed by atoms with E-state index in [0.717, 1.165) is 11.1 Å². The Balaban J connectivity index is 1.42. The highest BCUT2D eigenvalue weighted by molar-refractivity contribution is 8.00. The first-order valence-electron chi connectivity index (χ1n) is 10.2. The summed E-state index contributed by atoms with van der Waals surface area (Å²) < 4.78 is 0. The predicted octanol–water partition coefficient (Wildman–Crippen LogP) is 4.67. The van der Waals surface area contributed by atoms with Gasteiger partial charge in [0, 0.05) is 30.4 Å². The monoisotopic (exact) mass is 445 g/mol. The van der Waals surface area contributed by atoms with Gasteiger partial charge in [0.1, 0.15) is 5.37 Å². The number of amides is 3. The van der Waals surface area contributed by atoms with E-state index in [1.165, 1.54) is 6.92 Å². The fraction of sp³-hybridized carbons (Fsp3) is 0.160. The van der Waals surface area contributed by atoms with Crippen LogP contribution < -0.4 is 10.6 Å². The third-order valence-corrected chi connectivity index (χ3v) is 6.34. The summed E-state index contributed by atoms with van der Waals surface area (Å²) in [5, 5.41) is 5.48. The number of carbonyl (C=O) groups is 3. The first-order chi connectivity index (χ1) is 15.5. The van der Waals surface area contributed by atoms with Gasteiger partial charge in [-0.05, 0) is 47.5 Å². The lowest BCUT2D eigenvalue weighted by Gasteiger charge is -2.24. The van der Waals surface area contributed by atoms with Crippen molar-refractivity contribution in [1.29, 1.82) is 0 Å².